The summed E-state index contributed by atoms with van der Waals surface area (Å²) in [6, 6.07) is 0.378. The van der Waals surface area contributed by atoms with Crippen molar-refractivity contribution in [2.75, 3.05) is 6.54 Å². The van der Waals surface area contributed by atoms with Crippen LogP contribution in [0.5, 0.6) is 0 Å². The van der Waals surface area contributed by atoms with Gasteiger partial charge in [-0.1, -0.05) is 6.58 Å². The predicted molar refractivity (Wildman–Crippen MR) is 40.0 cm³/mol. The van der Waals surface area contributed by atoms with Crippen molar-refractivity contribution in [1.82, 2.24) is 4.90 Å². The van der Waals surface area contributed by atoms with Gasteiger partial charge in [0.05, 0.1) is 0 Å². The minimum atomic E-state index is -0.205. The summed E-state index contributed by atoms with van der Waals surface area (Å²) in [6.45, 7) is 4.51. The van der Waals surface area contributed by atoms with Gasteiger partial charge in [0, 0.05) is 19.0 Å². The van der Waals surface area contributed by atoms with E-state index in [-0.39, 0.29) is 6.09 Å². The average molecular weight is 153 g/mol. The van der Waals surface area contributed by atoms with E-state index in [1.807, 2.05) is 0 Å². The minimum Gasteiger partial charge on any atom is -0.415 e. The standard InChI is InChI=1S/C8H11NO2/c1-6-5-7-3-2-4-9(7)8(10)11-6/h7H,1-5H2/t7-/m0/s1. The van der Waals surface area contributed by atoms with Crippen LogP contribution in [0.4, 0.5) is 4.79 Å². The molecule has 0 aromatic carbocycles. The van der Waals surface area contributed by atoms with Gasteiger partial charge in [0.25, 0.3) is 0 Å². The Morgan fingerprint density at radius 2 is 2.45 bits per heavy atom. The summed E-state index contributed by atoms with van der Waals surface area (Å²) in [6.07, 6.45) is 2.83. The van der Waals surface area contributed by atoms with E-state index >= 15 is 0 Å². The Hall–Kier alpha value is -0.990. The number of nitrogens with zero attached hydrogens (tertiary/aromatic N) is 1. The molecular weight excluding hydrogens is 142 g/mol. The summed E-state index contributed by atoms with van der Waals surface area (Å²) >= 11 is 0. The van der Waals surface area contributed by atoms with Crippen molar-refractivity contribution in [2.45, 2.75) is 25.3 Å². The van der Waals surface area contributed by atoms with Crippen LogP contribution in [0.1, 0.15) is 19.3 Å². The SMILES string of the molecule is C=C1C[C@@H]2CCCN2C(=O)O1. The van der Waals surface area contributed by atoms with Crippen LogP contribution in [0, 0.1) is 0 Å². The summed E-state index contributed by atoms with van der Waals surface area (Å²) in [5.41, 5.74) is 0. The van der Waals surface area contributed by atoms with Crippen molar-refractivity contribution < 1.29 is 9.53 Å². The molecule has 0 aromatic heterocycles. The van der Waals surface area contributed by atoms with Gasteiger partial charge in [-0.05, 0) is 12.8 Å². The predicted octanol–water partition coefficient (Wildman–Crippen LogP) is 1.50. The molecule has 0 aromatic rings. The number of carbonyl (C=O) groups is 1. The lowest BCUT2D eigenvalue weighted by molar-refractivity contribution is 0.0943. The summed E-state index contributed by atoms with van der Waals surface area (Å²) < 4.78 is 4.89. The molecule has 2 rings (SSSR count). The lowest BCUT2D eigenvalue weighted by Crippen LogP contribution is -2.40. The Labute approximate surface area is 65.6 Å². The first-order valence-corrected chi connectivity index (χ1v) is 3.93. The minimum absolute atomic E-state index is 0.205. The molecular formula is C8H11NO2. The highest BCUT2D eigenvalue weighted by atomic mass is 16.6. The summed E-state index contributed by atoms with van der Waals surface area (Å²) in [4.78, 5) is 12.9. The van der Waals surface area contributed by atoms with Gasteiger partial charge in [-0.2, -0.15) is 0 Å². The molecule has 1 atom stereocenters. The van der Waals surface area contributed by atoms with E-state index in [1.54, 1.807) is 4.90 Å². The fraction of sp³-hybridized carbons (Fsp3) is 0.625. The van der Waals surface area contributed by atoms with Crippen molar-refractivity contribution >= 4 is 6.09 Å². The van der Waals surface area contributed by atoms with Gasteiger partial charge in [-0.3, -0.25) is 0 Å². The molecule has 1 amide bonds. The number of cyclic esters (lactones) is 1. The van der Waals surface area contributed by atoms with Crippen LogP contribution in [0.2, 0.25) is 0 Å². The summed E-state index contributed by atoms with van der Waals surface area (Å²) in [5, 5.41) is 0. The van der Waals surface area contributed by atoms with E-state index in [2.05, 4.69) is 6.58 Å². The third-order valence-corrected chi connectivity index (χ3v) is 2.31. The van der Waals surface area contributed by atoms with Crippen LogP contribution < -0.4 is 0 Å². The van der Waals surface area contributed by atoms with Gasteiger partial charge in [0.15, 0.2) is 0 Å². The molecule has 2 heterocycles. The molecule has 2 fully saturated rings. The zero-order chi connectivity index (χ0) is 7.84. The Morgan fingerprint density at radius 3 is 3.27 bits per heavy atom. The van der Waals surface area contributed by atoms with Crippen molar-refractivity contribution in [2.24, 2.45) is 0 Å². The number of carbonyl (C=O) groups excluding carboxylic acids is 1. The first kappa shape index (κ1) is 6.70. The van der Waals surface area contributed by atoms with Crippen molar-refractivity contribution in [3.8, 4) is 0 Å². The van der Waals surface area contributed by atoms with Crippen LogP contribution in [0.15, 0.2) is 12.3 Å². The molecule has 0 radical (unpaired) electrons. The van der Waals surface area contributed by atoms with Gasteiger partial charge in [0.1, 0.15) is 5.76 Å². The maximum absolute atomic E-state index is 11.1. The second-order valence-corrected chi connectivity index (χ2v) is 3.10. The zero-order valence-corrected chi connectivity index (χ0v) is 6.38. The number of amides is 1. The second-order valence-electron chi connectivity index (χ2n) is 3.10. The first-order valence-electron chi connectivity index (χ1n) is 3.93. The maximum atomic E-state index is 11.1. The Bertz CT molecular complexity index is 212. The smallest absolute Gasteiger partial charge is 0.415 e. The second kappa shape index (κ2) is 2.26. The fourth-order valence-corrected chi connectivity index (χ4v) is 1.77. The highest BCUT2D eigenvalue weighted by molar-refractivity contribution is 5.70. The fourth-order valence-electron chi connectivity index (χ4n) is 1.77. The van der Waals surface area contributed by atoms with Crippen molar-refractivity contribution in [3.05, 3.63) is 12.3 Å². The van der Waals surface area contributed by atoms with Gasteiger partial charge in [-0.25, -0.2) is 4.79 Å². The molecule has 0 bridgehead atoms. The molecule has 3 nitrogen and oxygen atoms in total. The molecule has 0 aliphatic carbocycles. The van der Waals surface area contributed by atoms with Crippen LogP contribution in [0.25, 0.3) is 0 Å². The Morgan fingerprint density at radius 1 is 1.64 bits per heavy atom. The lowest BCUT2D eigenvalue weighted by atomic mass is 10.1. The van der Waals surface area contributed by atoms with E-state index in [4.69, 9.17) is 4.74 Å². The quantitative estimate of drug-likeness (QED) is 0.528. The summed E-state index contributed by atoms with van der Waals surface area (Å²) in [5.74, 6) is 0.623. The molecule has 2 saturated heterocycles. The maximum Gasteiger partial charge on any atom is 0.415 e. The highest BCUT2D eigenvalue weighted by Crippen LogP contribution is 2.28. The largest absolute Gasteiger partial charge is 0.415 e. The number of hydrogen-bond donors (Lipinski definition) is 0. The van der Waals surface area contributed by atoms with E-state index in [1.165, 1.54) is 0 Å². The third-order valence-electron chi connectivity index (χ3n) is 2.31. The Kier molecular flexibility index (Phi) is 1.37. The molecule has 0 N–H and O–H groups in total. The molecule has 0 unspecified atom stereocenters. The number of fused-ring (bicyclic) bond motifs is 1. The normalized spacial score (nSPS) is 30.2. The Balaban J connectivity index is 2.16. The number of hydrogen-bond acceptors (Lipinski definition) is 2. The van der Waals surface area contributed by atoms with Gasteiger partial charge in [0.2, 0.25) is 0 Å². The van der Waals surface area contributed by atoms with Crippen molar-refractivity contribution in [1.29, 1.82) is 0 Å². The first-order chi connectivity index (χ1) is 5.27. The van der Waals surface area contributed by atoms with Gasteiger partial charge in [-0.15, -0.1) is 0 Å². The molecule has 0 spiro atoms. The summed E-state index contributed by atoms with van der Waals surface area (Å²) in [7, 11) is 0. The lowest BCUT2D eigenvalue weighted by Gasteiger charge is -2.29. The zero-order valence-electron chi connectivity index (χ0n) is 6.38. The number of rotatable bonds is 0. The van der Waals surface area contributed by atoms with E-state index in [0.717, 1.165) is 25.8 Å². The average Bonchev–Trinajstić information content (AvgIpc) is 2.34. The van der Waals surface area contributed by atoms with Gasteiger partial charge >= 0.3 is 6.09 Å². The van der Waals surface area contributed by atoms with Crippen LogP contribution in [-0.2, 0) is 4.74 Å². The third kappa shape index (κ3) is 1.00. The van der Waals surface area contributed by atoms with E-state index in [9.17, 15) is 4.79 Å². The highest BCUT2D eigenvalue weighted by Gasteiger charge is 2.34. The number of ether oxygens (including phenoxy) is 1. The van der Waals surface area contributed by atoms with Crippen LogP contribution in [-0.4, -0.2) is 23.6 Å². The molecule has 2 aliphatic heterocycles. The topological polar surface area (TPSA) is 29.5 Å². The van der Waals surface area contributed by atoms with Gasteiger partial charge < -0.3 is 9.64 Å². The molecule has 0 saturated carbocycles. The monoisotopic (exact) mass is 153 g/mol. The van der Waals surface area contributed by atoms with Crippen LogP contribution in [0.3, 0.4) is 0 Å². The molecule has 2 aliphatic rings. The molecule has 60 valence electrons. The van der Waals surface area contributed by atoms with Crippen LogP contribution >= 0.6 is 0 Å². The molecule has 3 heteroatoms. The van der Waals surface area contributed by atoms with E-state index < -0.39 is 0 Å². The van der Waals surface area contributed by atoms with E-state index in [0.29, 0.717) is 11.8 Å². The molecule has 11 heavy (non-hydrogen) atoms. The van der Waals surface area contributed by atoms with Crippen molar-refractivity contribution in [3.63, 3.8) is 0 Å².